The summed E-state index contributed by atoms with van der Waals surface area (Å²) in [5, 5.41) is 2.93. The molecule has 2 nitrogen and oxygen atoms in total. The number of rotatable bonds is 1. The highest BCUT2D eigenvalue weighted by Crippen LogP contribution is 1.49. The molecule has 3 heteroatoms. The number of nitrogens with zero attached hydrogens (tertiary/aromatic N) is 2. The van der Waals surface area contributed by atoms with Crippen LogP contribution in [0.3, 0.4) is 0 Å². The summed E-state index contributed by atoms with van der Waals surface area (Å²) in [6.07, 6.45) is 0. The van der Waals surface area contributed by atoms with Gasteiger partial charge in [0, 0.05) is 6.72 Å². The maximum Gasteiger partial charge on any atom is 0.0652 e. The molecule has 0 atom stereocenters. The molecule has 0 rings (SSSR count). The van der Waals surface area contributed by atoms with Gasteiger partial charge in [0.1, 0.15) is 0 Å². The molecular weight excluding hydrogens is 72.1 g/mol. The van der Waals surface area contributed by atoms with Crippen molar-refractivity contribution in [3.8, 4) is 0 Å². The molecule has 0 heterocycles. The van der Waals surface area contributed by atoms with Crippen LogP contribution in [0.4, 0.5) is 0 Å². The van der Waals surface area contributed by atoms with E-state index >= 15 is 0 Å². The first kappa shape index (κ1) is 3.69. The smallest absolute Gasteiger partial charge is 0.0652 e. The minimum Gasteiger partial charge on any atom is -0.155 e. The third kappa shape index (κ3) is 1.69. The molecule has 0 spiro atoms. The fourth-order valence-corrected chi connectivity index (χ4v) is 0. The van der Waals surface area contributed by atoms with E-state index in [1.807, 2.05) is 0 Å². The Labute approximate surface area is 29.7 Å². The Hall–Kier alpha value is -0.310. The summed E-state index contributed by atoms with van der Waals surface area (Å²) in [6, 6.07) is 0. The largest absolute Gasteiger partial charge is 0.155 e. The zero-order valence-electron chi connectivity index (χ0n) is 2.01. The summed E-state index contributed by atoms with van der Waals surface area (Å²) >= 11 is 3.95. The van der Waals surface area contributed by atoms with Gasteiger partial charge in [0.25, 0.3) is 0 Å². The van der Waals surface area contributed by atoms with Crippen LogP contribution < -0.4 is 0 Å². The minimum absolute atomic E-state index is 2.83. The molecule has 0 aromatic heterocycles. The van der Waals surface area contributed by atoms with Gasteiger partial charge in [-0.1, -0.05) is 4.47 Å². The van der Waals surface area contributed by atoms with Crippen molar-refractivity contribution in [1.29, 1.82) is 0 Å². The third-order valence-electron chi connectivity index (χ3n) is 0.0577. The van der Waals surface area contributed by atoms with E-state index < -0.39 is 0 Å². The Morgan fingerprint density at radius 2 is 2.00 bits per heavy atom. The van der Waals surface area contributed by atoms with E-state index in [-0.39, 0.29) is 0 Å². The zero-order valence-corrected chi connectivity index (χ0v) is 2.83. The molecule has 0 amide bonds. The van der Waals surface area contributed by atoms with Crippen LogP contribution in [0.5, 0.6) is 0 Å². The Morgan fingerprint density at radius 3 is 2.00 bits per heavy atom. The van der Waals surface area contributed by atoms with E-state index in [0.29, 0.717) is 0 Å². The van der Waals surface area contributed by atoms with E-state index in [1.54, 1.807) is 0 Å². The van der Waals surface area contributed by atoms with Crippen molar-refractivity contribution >= 4 is 19.1 Å². The van der Waals surface area contributed by atoms with Crippen LogP contribution in [0.25, 0.3) is 0 Å². The van der Waals surface area contributed by atoms with Crippen molar-refractivity contribution < 1.29 is 0 Å². The number of hydrogen-bond acceptors (Lipinski definition) is 2. The summed E-state index contributed by atoms with van der Waals surface area (Å²) in [4.78, 5) is 0. The van der Waals surface area contributed by atoms with Gasteiger partial charge in [-0.05, 0) is 0 Å². The topological polar surface area (TPSA) is 24.7 Å². The van der Waals surface area contributed by atoms with Crippen LogP contribution in [0.15, 0.2) is 9.57 Å². The predicted molar refractivity (Wildman–Crippen MR) is 19.3 cm³/mol. The minimum atomic E-state index is 2.83. The summed E-state index contributed by atoms with van der Waals surface area (Å²) < 4.78 is 2.83. The van der Waals surface area contributed by atoms with Gasteiger partial charge in [0.15, 0.2) is 0 Å². The molecule has 0 aliphatic heterocycles. The average Bonchev–Trinajstić information content (AvgIpc) is 1.37. The lowest BCUT2D eigenvalue weighted by Crippen LogP contribution is -1.27. The third-order valence-corrected chi connectivity index (χ3v) is 0.173. The van der Waals surface area contributed by atoms with Crippen LogP contribution in [0.2, 0.25) is 0 Å². The highest BCUT2D eigenvalue weighted by Gasteiger charge is 1.29. The second-order valence-electron chi connectivity index (χ2n) is 0.223. The number of hydrogen-bond donors (Lipinski definition) is 0. The van der Waals surface area contributed by atoms with Crippen LogP contribution in [-0.2, 0) is 12.4 Å². The normalized spacial score (nSPS) is 5.00. The van der Waals surface area contributed by atoms with Gasteiger partial charge in [-0.2, -0.15) is 5.10 Å². The highest BCUT2D eigenvalue weighted by atomic mass is 32.1. The zero-order chi connectivity index (χ0) is 3.41. The van der Waals surface area contributed by atoms with Crippen molar-refractivity contribution in [3.05, 3.63) is 0 Å². The first-order valence-electron chi connectivity index (χ1n) is 0.699. The van der Waals surface area contributed by atoms with Crippen LogP contribution in [0.1, 0.15) is 0 Å². The molecule has 0 aromatic carbocycles. The molecule has 0 saturated carbocycles. The fraction of sp³-hybridized carbons (Fsp3) is 0. The maximum absolute atomic E-state index is 3.95. The first-order chi connectivity index (χ1) is 1.91. The Bertz CT molecular complexity index is 27.0. The van der Waals surface area contributed by atoms with E-state index in [0.717, 1.165) is 0 Å². The van der Waals surface area contributed by atoms with E-state index in [4.69, 9.17) is 0 Å². The summed E-state index contributed by atoms with van der Waals surface area (Å²) in [7, 11) is 0. The molecule has 0 fully saturated rings. The monoisotopic (exact) mass is 74.0 g/mol. The second kappa shape index (κ2) is 2.69. The molecule has 0 aliphatic carbocycles. The van der Waals surface area contributed by atoms with Crippen LogP contribution >= 0.6 is 0 Å². The summed E-state index contributed by atoms with van der Waals surface area (Å²) in [5.41, 5.74) is 0. The first-order valence-corrected chi connectivity index (χ1v) is 1.06. The van der Waals surface area contributed by atoms with Gasteiger partial charge < -0.3 is 0 Å². The Morgan fingerprint density at radius 1 is 1.75 bits per heavy atom. The maximum atomic E-state index is 3.95. The molecule has 22 valence electrons. The van der Waals surface area contributed by atoms with Gasteiger partial charge >= 0.3 is 0 Å². The van der Waals surface area contributed by atoms with Crippen molar-refractivity contribution in [1.82, 2.24) is 0 Å². The standard InChI is InChI=1S/CH2N2S/c1-2-3-4/h1H2. The van der Waals surface area contributed by atoms with Gasteiger partial charge in [-0.25, -0.2) is 0 Å². The van der Waals surface area contributed by atoms with E-state index in [2.05, 4.69) is 28.7 Å². The van der Waals surface area contributed by atoms with E-state index in [9.17, 15) is 0 Å². The molecule has 0 saturated heterocycles. The molecule has 0 N–H and O–H groups in total. The summed E-state index contributed by atoms with van der Waals surface area (Å²) in [6.45, 7) is 2.96. The lowest BCUT2D eigenvalue weighted by Gasteiger charge is -1.45. The van der Waals surface area contributed by atoms with Gasteiger partial charge in [-0.3, -0.25) is 0 Å². The Kier molecular flexibility index (Phi) is 2.48. The quantitative estimate of drug-likeness (QED) is 0.325. The van der Waals surface area contributed by atoms with Gasteiger partial charge in [-0.15, -0.1) is 0 Å². The molecule has 0 bridgehead atoms. The van der Waals surface area contributed by atoms with Crippen molar-refractivity contribution in [2.75, 3.05) is 0 Å². The predicted octanol–water partition coefficient (Wildman–Crippen LogP) is 0.333. The van der Waals surface area contributed by atoms with E-state index in [1.165, 1.54) is 0 Å². The van der Waals surface area contributed by atoms with Crippen LogP contribution in [-0.4, -0.2) is 6.72 Å². The average molecular weight is 74.1 g/mol. The summed E-state index contributed by atoms with van der Waals surface area (Å²) in [5.74, 6) is 0. The van der Waals surface area contributed by atoms with Crippen LogP contribution in [0, 0.1) is 0 Å². The lowest BCUT2D eigenvalue weighted by atomic mass is 11.7. The van der Waals surface area contributed by atoms with Gasteiger partial charge in [0.05, 0.1) is 12.4 Å². The van der Waals surface area contributed by atoms with Crippen molar-refractivity contribution in [2.24, 2.45) is 9.57 Å². The van der Waals surface area contributed by atoms with Crippen molar-refractivity contribution in [2.45, 2.75) is 0 Å². The molecule has 0 aromatic rings. The SMILES string of the molecule is C=NN=S. The molecule has 0 radical (unpaired) electrons. The fourth-order valence-electron chi connectivity index (χ4n) is 0. The molecule has 0 aliphatic rings. The van der Waals surface area contributed by atoms with Crippen molar-refractivity contribution in [3.63, 3.8) is 0 Å². The van der Waals surface area contributed by atoms with Gasteiger partial charge in [0.2, 0.25) is 0 Å². The Balaban J connectivity index is 2.73. The lowest BCUT2D eigenvalue weighted by molar-refractivity contribution is 1.32. The molecule has 0 unspecified atom stereocenters. The highest BCUT2D eigenvalue weighted by molar-refractivity contribution is 7.47. The molecular formula is CH2N2S. The molecule has 4 heavy (non-hydrogen) atoms. The second-order valence-corrected chi connectivity index (χ2v) is 0.386.